The second kappa shape index (κ2) is 8.79. The van der Waals surface area contributed by atoms with Crippen molar-refractivity contribution in [3.8, 4) is 5.75 Å². The molecule has 0 unspecified atom stereocenters. The van der Waals surface area contributed by atoms with E-state index in [1.165, 1.54) is 59.9 Å². The van der Waals surface area contributed by atoms with Gasteiger partial charge in [-0.05, 0) is 48.5 Å². The van der Waals surface area contributed by atoms with Gasteiger partial charge in [-0.15, -0.1) is 0 Å². The molecule has 7 nitrogen and oxygen atoms in total. The first kappa shape index (κ1) is 20.6. The Kier molecular flexibility index (Phi) is 6.70. The number of benzene rings is 2. The number of hydrogen-bond donors (Lipinski definition) is 0. The van der Waals surface area contributed by atoms with Crippen LogP contribution in [-0.2, 0) is 14.8 Å². The summed E-state index contributed by atoms with van der Waals surface area (Å²) < 4.78 is 36.1. The molecule has 27 heavy (non-hydrogen) atoms. The van der Waals surface area contributed by atoms with Crippen LogP contribution in [0.3, 0.4) is 0 Å². The highest BCUT2D eigenvalue weighted by atomic mass is 32.2. The lowest BCUT2D eigenvalue weighted by Crippen LogP contribution is -2.30. The van der Waals surface area contributed by atoms with Crippen LogP contribution in [0.1, 0.15) is 34.6 Å². The van der Waals surface area contributed by atoms with Crippen molar-refractivity contribution in [3.63, 3.8) is 0 Å². The van der Waals surface area contributed by atoms with E-state index in [4.69, 9.17) is 4.74 Å². The van der Waals surface area contributed by atoms with Crippen LogP contribution in [0.5, 0.6) is 5.75 Å². The van der Waals surface area contributed by atoms with Gasteiger partial charge in [0.2, 0.25) is 10.0 Å². The van der Waals surface area contributed by atoms with Crippen LogP contribution in [0, 0.1) is 0 Å². The van der Waals surface area contributed by atoms with Gasteiger partial charge in [0.05, 0.1) is 23.1 Å². The molecule has 0 saturated heterocycles. The maximum atomic E-state index is 12.5. The normalized spacial score (nSPS) is 11.3. The predicted molar refractivity (Wildman–Crippen MR) is 99.3 cm³/mol. The molecule has 2 aromatic rings. The number of ether oxygens (including phenoxy) is 2. The van der Waals surface area contributed by atoms with Crippen LogP contribution in [0.15, 0.2) is 53.4 Å². The van der Waals surface area contributed by atoms with E-state index >= 15 is 0 Å². The molecule has 0 atom stereocenters. The molecule has 0 N–H and O–H groups in total. The fourth-order valence-electron chi connectivity index (χ4n) is 2.42. The Balaban J connectivity index is 2.13. The van der Waals surface area contributed by atoms with Gasteiger partial charge in [0.1, 0.15) is 5.75 Å². The summed E-state index contributed by atoms with van der Waals surface area (Å²) in [5.74, 6) is -0.863. The van der Waals surface area contributed by atoms with E-state index in [1.807, 2.05) is 0 Å². The largest absolute Gasteiger partial charge is 0.465 e. The minimum Gasteiger partial charge on any atom is -0.465 e. The molecule has 0 amide bonds. The van der Waals surface area contributed by atoms with E-state index in [0.717, 1.165) is 0 Å². The van der Waals surface area contributed by atoms with E-state index in [-0.39, 0.29) is 16.2 Å². The van der Waals surface area contributed by atoms with Crippen LogP contribution in [0.2, 0.25) is 0 Å². The van der Waals surface area contributed by atoms with Gasteiger partial charge in [-0.3, -0.25) is 0 Å². The fourth-order valence-corrected chi connectivity index (χ4v) is 3.88. The minimum atomic E-state index is -3.58. The van der Waals surface area contributed by atoms with Crippen molar-refractivity contribution in [2.24, 2.45) is 0 Å². The quantitative estimate of drug-likeness (QED) is 0.532. The summed E-state index contributed by atoms with van der Waals surface area (Å²) in [5.41, 5.74) is 0.550. The Labute approximate surface area is 158 Å². The lowest BCUT2D eigenvalue weighted by atomic mass is 10.2. The third-order valence-corrected chi connectivity index (χ3v) is 5.98. The van der Waals surface area contributed by atoms with Crippen LogP contribution in [0.25, 0.3) is 0 Å². The van der Waals surface area contributed by atoms with E-state index in [1.54, 1.807) is 13.8 Å². The zero-order valence-electron chi connectivity index (χ0n) is 15.3. The summed E-state index contributed by atoms with van der Waals surface area (Å²) in [6.07, 6.45) is 0. The molecule has 0 radical (unpaired) electrons. The number of nitrogens with zero attached hydrogens (tertiary/aromatic N) is 1. The number of carbonyl (C=O) groups excluding carboxylic acids is 2. The molecular weight excluding hydrogens is 370 g/mol. The lowest BCUT2D eigenvalue weighted by molar-refractivity contribution is 0.0600. The molecule has 0 aliphatic heterocycles. The highest BCUT2D eigenvalue weighted by Crippen LogP contribution is 2.18. The fraction of sp³-hybridized carbons (Fsp3) is 0.263. The third-order valence-electron chi connectivity index (χ3n) is 3.92. The van der Waals surface area contributed by atoms with Crippen molar-refractivity contribution >= 4 is 22.0 Å². The van der Waals surface area contributed by atoms with Gasteiger partial charge in [-0.1, -0.05) is 13.8 Å². The van der Waals surface area contributed by atoms with Crippen molar-refractivity contribution in [3.05, 3.63) is 59.7 Å². The standard InChI is InChI=1S/C19H21NO6S/c1-4-20(5-2)27(23,24)17-12-8-15(9-13-17)19(22)26-16-10-6-14(7-11-16)18(21)25-3/h6-13H,4-5H2,1-3H3. The monoisotopic (exact) mass is 391 g/mol. The second-order valence-electron chi connectivity index (χ2n) is 5.52. The number of methoxy groups -OCH3 is 1. The first-order chi connectivity index (χ1) is 12.8. The van der Waals surface area contributed by atoms with Crippen LogP contribution in [0.4, 0.5) is 0 Å². The Bertz CT molecular complexity index is 900. The third kappa shape index (κ3) is 4.72. The number of rotatable bonds is 7. The predicted octanol–water partition coefficient (Wildman–Crippen LogP) is 2.72. The van der Waals surface area contributed by atoms with Gasteiger partial charge in [0.15, 0.2) is 0 Å². The molecule has 0 fully saturated rings. The highest BCUT2D eigenvalue weighted by molar-refractivity contribution is 7.89. The highest BCUT2D eigenvalue weighted by Gasteiger charge is 2.22. The van der Waals surface area contributed by atoms with Gasteiger partial charge in [0, 0.05) is 13.1 Å². The number of carbonyl (C=O) groups is 2. The van der Waals surface area contributed by atoms with Crippen molar-refractivity contribution in [1.82, 2.24) is 4.31 Å². The molecule has 0 bridgehead atoms. The maximum Gasteiger partial charge on any atom is 0.343 e. The molecule has 8 heteroatoms. The summed E-state index contributed by atoms with van der Waals surface area (Å²) >= 11 is 0. The molecule has 0 heterocycles. The molecule has 0 aliphatic rings. The topological polar surface area (TPSA) is 90.0 Å². The maximum absolute atomic E-state index is 12.5. The van der Waals surface area contributed by atoms with Crippen LogP contribution >= 0.6 is 0 Å². The Morgan fingerprint density at radius 3 is 1.81 bits per heavy atom. The summed E-state index contributed by atoms with van der Waals surface area (Å²) in [6.45, 7) is 4.25. The summed E-state index contributed by atoms with van der Waals surface area (Å²) in [5, 5.41) is 0. The molecular formula is C19H21NO6S. The summed E-state index contributed by atoms with van der Waals surface area (Å²) in [4.78, 5) is 23.7. The number of sulfonamides is 1. The van der Waals surface area contributed by atoms with Gasteiger partial charge >= 0.3 is 11.9 Å². The van der Waals surface area contributed by atoms with Gasteiger partial charge in [-0.2, -0.15) is 4.31 Å². The average Bonchev–Trinajstić information content (AvgIpc) is 2.68. The van der Waals surface area contributed by atoms with Crippen molar-refractivity contribution in [2.45, 2.75) is 18.7 Å². The second-order valence-corrected chi connectivity index (χ2v) is 7.46. The van der Waals surface area contributed by atoms with Gasteiger partial charge < -0.3 is 9.47 Å². The first-order valence-electron chi connectivity index (χ1n) is 8.34. The first-order valence-corrected chi connectivity index (χ1v) is 9.78. The number of esters is 2. The Morgan fingerprint density at radius 2 is 1.33 bits per heavy atom. The smallest absolute Gasteiger partial charge is 0.343 e. The Hall–Kier alpha value is -2.71. The zero-order chi connectivity index (χ0) is 20.0. The molecule has 2 aromatic carbocycles. The SMILES string of the molecule is CCN(CC)S(=O)(=O)c1ccc(C(=O)Oc2ccc(C(=O)OC)cc2)cc1. The van der Waals surface area contributed by atoms with E-state index in [9.17, 15) is 18.0 Å². The van der Waals surface area contributed by atoms with Crippen molar-refractivity contribution in [2.75, 3.05) is 20.2 Å². The van der Waals surface area contributed by atoms with Crippen LogP contribution in [-0.4, -0.2) is 44.9 Å². The van der Waals surface area contributed by atoms with Crippen molar-refractivity contribution < 1.29 is 27.5 Å². The van der Waals surface area contributed by atoms with Crippen LogP contribution < -0.4 is 4.74 Å². The molecule has 0 saturated carbocycles. The van der Waals surface area contributed by atoms with Gasteiger partial charge in [0.25, 0.3) is 0 Å². The molecule has 144 valence electrons. The Morgan fingerprint density at radius 1 is 0.852 bits per heavy atom. The molecule has 0 aromatic heterocycles. The summed E-state index contributed by atoms with van der Waals surface area (Å²) in [7, 11) is -2.30. The molecule has 2 rings (SSSR count). The van der Waals surface area contributed by atoms with E-state index in [0.29, 0.717) is 18.7 Å². The zero-order valence-corrected chi connectivity index (χ0v) is 16.2. The molecule has 0 aliphatic carbocycles. The average molecular weight is 391 g/mol. The van der Waals surface area contributed by atoms with E-state index in [2.05, 4.69) is 4.74 Å². The number of hydrogen-bond acceptors (Lipinski definition) is 6. The molecule has 0 spiro atoms. The summed E-state index contributed by atoms with van der Waals surface area (Å²) in [6, 6.07) is 11.5. The van der Waals surface area contributed by atoms with Crippen molar-refractivity contribution in [1.29, 1.82) is 0 Å². The minimum absolute atomic E-state index is 0.116. The van der Waals surface area contributed by atoms with Gasteiger partial charge in [-0.25, -0.2) is 18.0 Å². The van der Waals surface area contributed by atoms with E-state index < -0.39 is 22.0 Å². The lowest BCUT2D eigenvalue weighted by Gasteiger charge is -2.18.